The quantitative estimate of drug-likeness (QED) is 0.353. The first-order valence-electron chi connectivity index (χ1n) is 11.2. The summed E-state index contributed by atoms with van der Waals surface area (Å²) in [7, 11) is -0.482. The molecule has 0 saturated carbocycles. The molecule has 0 aliphatic heterocycles. The van der Waals surface area contributed by atoms with Crippen molar-refractivity contribution < 1.29 is 40.6 Å². The number of benzene rings is 3. The van der Waals surface area contributed by atoms with E-state index in [2.05, 4.69) is 10.6 Å². The maximum atomic E-state index is 13.2. The number of carbonyl (C=O) groups excluding carboxylic acids is 1. The smallest absolute Gasteiger partial charge is 0.416 e. The summed E-state index contributed by atoms with van der Waals surface area (Å²) in [6, 6.07) is 12.5. The van der Waals surface area contributed by atoms with Crippen molar-refractivity contribution in [2.24, 2.45) is 0 Å². The molecule has 8 nitrogen and oxygen atoms in total. The number of anilines is 2. The second-order valence-electron chi connectivity index (χ2n) is 8.41. The van der Waals surface area contributed by atoms with Crippen molar-refractivity contribution in [2.75, 3.05) is 37.0 Å². The summed E-state index contributed by atoms with van der Waals surface area (Å²) in [5.41, 5.74) is 0.946. The molecular weight excluding hydrogens is 525 g/mol. The van der Waals surface area contributed by atoms with E-state index in [0.29, 0.717) is 28.3 Å². The van der Waals surface area contributed by atoms with Crippen molar-refractivity contribution in [3.8, 4) is 17.2 Å². The highest BCUT2D eigenvalue weighted by Crippen LogP contribution is 2.33. The van der Waals surface area contributed by atoms with Gasteiger partial charge in [0.1, 0.15) is 18.2 Å². The molecule has 2 N–H and O–H groups in total. The highest BCUT2D eigenvalue weighted by atomic mass is 32.2. The molecule has 1 amide bonds. The first-order chi connectivity index (χ1) is 17.8. The molecule has 0 aromatic heterocycles. The molecule has 0 bridgehead atoms. The van der Waals surface area contributed by atoms with E-state index in [9.17, 15) is 26.4 Å². The van der Waals surface area contributed by atoms with Crippen LogP contribution >= 0.6 is 0 Å². The van der Waals surface area contributed by atoms with Gasteiger partial charge in [-0.2, -0.15) is 13.2 Å². The Kier molecular flexibility index (Phi) is 8.77. The zero-order chi connectivity index (χ0) is 28.1. The fourth-order valence-electron chi connectivity index (χ4n) is 3.41. The van der Waals surface area contributed by atoms with Gasteiger partial charge < -0.3 is 24.8 Å². The van der Waals surface area contributed by atoms with E-state index in [0.717, 1.165) is 18.4 Å². The number of ether oxygens (including phenoxy) is 3. The average molecular weight is 553 g/mol. The third kappa shape index (κ3) is 7.54. The summed E-state index contributed by atoms with van der Waals surface area (Å²) in [4.78, 5) is 12.8. The summed E-state index contributed by atoms with van der Waals surface area (Å²) in [5, 5.41) is 5.46. The normalized spacial score (nSPS) is 11.6. The van der Waals surface area contributed by atoms with Gasteiger partial charge in [-0.1, -0.05) is 6.07 Å². The number of amides is 1. The third-order valence-electron chi connectivity index (χ3n) is 5.47. The monoisotopic (exact) mass is 552 g/mol. The van der Waals surface area contributed by atoms with Crippen LogP contribution < -0.4 is 24.8 Å². The number of alkyl halides is 3. The van der Waals surface area contributed by atoms with Crippen LogP contribution in [0.1, 0.15) is 27.0 Å². The first-order valence-corrected chi connectivity index (χ1v) is 13.3. The topological polar surface area (TPSA) is 103 Å². The number of hydrogen-bond donors (Lipinski definition) is 2. The zero-order valence-corrected chi connectivity index (χ0v) is 21.9. The van der Waals surface area contributed by atoms with Gasteiger partial charge in [0, 0.05) is 23.6 Å². The number of nitrogens with one attached hydrogen (secondary N) is 2. The molecule has 3 rings (SSSR count). The number of sulfone groups is 1. The Hall–Kier alpha value is -3.93. The molecule has 38 heavy (non-hydrogen) atoms. The van der Waals surface area contributed by atoms with Gasteiger partial charge in [-0.25, -0.2) is 8.42 Å². The van der Waals surface area contributed by atoms with E-state index in [-0.39, 0.29) is 23.6 Å². The number of methoxy groups -OCH3 is 2. The molecule has 3 aromatic carbocycles. The molecule has 0 aliphatic carbocycles. The van der Waals surface area contributed by atoms with Gasteiger partial charge in [-0.05, 0) is 60.5 Å². The fraction of sp³-hybridized carbons (Fsp3) is 0.269. The molecule has 0 unspecified atom stereocenters. The molecule has 204 valence electrons. The second kappa shape index (κ2) is 11.6. The summed E-state index contributed by atoms with van der Waals surface area (Å²) in [5.74, 6) is 0.0773. The zero-order valence-electron chi connectivity index (χ0n) is 21.1. The summed E-state index contributed by atoms with van der Waals surface area (Å²) in [6.07, 6.45) is -3.47. The molecule has 3 aromatic rings. The molecule has 12 heteroatoms. The van der Waals surface area contributed by atoms with Crippen LogP contribution in [0.25, 0.3) is 0 Å². The minimum atomic E-state index is -4.51. The lowest BCUT2D eigenvalue weighted by Gasteiger charge is -2.17. The third-order valence-corrected chi connectivity index (χ3v) is 6.14. The summed E-state index contributed by atoms with van der Waals surface area (Å²) in [6.45, 7) is 1.43. The summed E-state index contributed by atoms with van der Waals surface area (Å²) < 4.78 is 79.1. The second-order valence-corrected chi connectivity index (χ2v) is 10.5. The number of carbonyl (C=O) groups is 1. The standard InChI is InChI=1S/C26H27F3N2O6S/c1-16-5-7-19(26(27,28)29)11-18(16)14-37-23-13-20(8-9-21(23)30-15-38(4,33)34)31-25(32)17-6-10-22(35-2)24(12-17)36-3/h5-13,30H,14-15H2,1-4H3,(H,31,32). The van der Waals surface area contributed by atoms with Crippen molar-refractivity contribution in [1.29, 1.82) is 0 Å². The van der Waals surface area contributed by atoms with Crippen molar-refractivity contribution in [3.05, 3.63) is 76.9 Å². The Bertz CT molecular complexity index is 1420. The Balaban J connectivity index is 1.88. The first kappa shape index (κ1) is 28.6. The van der Waals surface area contributed by atoms with Gasteiger partial charge >= 0.3 is 6.18 Å². The predicted molar refractivity (Wildman–Crippen MR) is 138 cm³/mol. The molecule has 0 atom stereocenters. The Morgan fingerprint density at radius 1 is 0.921 bits per heavy atom. The molecule has 0 aliphatic rings. The van der Waals surface area contributed by atoms with Crippen molar-refractivity contribution in [2.45, 2.75) is 19.7 Å². The number of hydrogen-bond acceptors (Lipinski definition) is 7. The van der Waals surface area contributed by atoms with Crippen LogP contribution in [-0.2, 0) is 22.6 Å². The molecule has 0 heterocycles. The van der Waals surface area contributed by atoms with Gasteiger partial charge in [0.05, 0.1) is 25.5 Å². The van der Waals surface area contributed by atoms with Crippen molar-refractivity contribution >= 4 is 27.1 Å². The van der Waals surface area contributed by atoms with Crippen molar-refractivity contribution in [3.63, 3.8) is 0 Å². The van der Waals surface area contributed by atoms with E-state index < -0.39 is 33.4 Å². The van der Waals surface area contributed by atoms with Gasteiger partial charge in [0.15, 0.2) is 21.3 Å². The van der Waals surface area contributed by atoms with Gasteiger partial charge in [-0.3, -0.25) is 4.79 Å². The molecule has 0 saturated heterocycles. The van der Waals surface area contributed by atoms with E-state index in [1.807, 2.05) is 0 Å². The van der Waals surface area contributed by atoms with Crippen LogP contribution in [0, 0.1) is 6.92 Å². The number of rotatable bonds is 10. The van der Waals surface area contributed by atoms with E-state index in [1.54, 1.807) is 19.1 Å². The highest BCUT2D eigenvalue weighted by molar-refractivity contribution is 7.90. The average Bonchev–Trinajstić information content (AvgIpc) is 2.85. The largest absolute Gasteiger partial charge is 0.493 e. The van der Waals surface area contributed by atoms with Crippen molar-refractivity contribution in [1.82, 2.24) is 0 Å². The van der Waals surface area contributed by atoms with E-state index >= 15 is 0 Å². The van der Waals surface area contributed by atoms with Crippen LogP contribution in [0.5, 0.6) is 17.2 Å². The minimum Gasteiger partial charge on any atom is -0.493 e. The highest BCUT2D eigenvalue weighted by Gasteiger charge is 2.30. The Morgan fingerprint density at radius 3 is 2.26 bits per heavy atom. The maximum Gasteiger partial charge on any atom is 0.416 e. The van der Waals surface area contributed by atoms with Crippen LogP contribution in [0.4, 0.5) is 24.5 Å². The lowest BCUT2D eigenvalue weighted by molar-refractivity contribution is -0.137. The van der Waals surface area contributed by atoms with Crippen LogP contribution in [-0.4, -0.2) is 40.7 Å². The van der Waals surface area contributed by atoms with E-state index in [1.165, 1.54) is 44.6 Å². The fourth-order valence-corrected chi connectivity index (χ4v) is 3.83. The predicted octanol–water partition coefficient (Wildman–Crippen LogP) is 5.28. The van der Waals surface area contributed by atoms with Gasteiger partial charge in [-0.15, -0.1) is 0 Å². The lowest BCUT2D eigenvalue weighted by atomic mass is 10.1. The van der Waals surface area contributed by atoms with Gasteiger partial charge in [0.25, 0.3) is 5.91 Å². The van der Waals surface area contributed by atoms with Crippen LogP contribution in [0.15, 0.2) is 54.6 Å². The number of halogens is 3. The summed E-state index contributed by atoms with van der Waals surface area (Å²) >= 11 is 0. The van der Waals surface area contributed by atoms with Gasteiger partial charge in [0.2, 0.25) is 0 Å². The SMILES string of the molecule is COc1ccc(C(=O)Nc2ccc(NCS(C)(=O)=O)c(OCc3cc(C(F)(F)F)ccc3C)c2)cc1OC. The molecule has 0 fully saturated rings. The lowest BCUT2D eigenvalue weighted by Crippen LogP contribution is -2.15. The molecule has 0 spiro atoms. The maximum absolute atomic E-state index is 13.2. The minimum absolute atomic E-state index is 0.135. The van der Waals surface area contributed by atoms with E-state index in [4.69, 9.17) is 14.2 Å². The van der Waals surface area contributed by atoms with Crippen LogP contribution in [0.3, 0.4) is 0 Å². The number of aryl methyl sites for hydroxylation is 1. The molecular formula is C26H27F3N2O6S. The molecule has 0 radical (unpaired) electrons. The Labute approximate surface area is 218 Å². The van der Waals surface area contributed by atoms with Crippen LogP contribution in [0.2, 0.25) is 0 Å². The Morgan fingerprint density at radius 2 is 1.63 bits per heavy atom.